The van der Waals surface area contributed by atoms with Crippen molar-refractivity contribution in [2.24, 2.45) is 5.10 Å². The van der Waals surface area contributed by atoms with Crippen molar-refractivity contribution in [1.29, 1.82) is 0 Å². The normalized spacial score (nSPS) is 17.2. The average Bonchev–Trinajstić information content (AvgIpc) is 2.59. The van der Waals surface area contributed by atoms with Crippen molar-refractivity contribution in [2.45, 2.75) is 0 Å². The van der Waals surface area contributed by atoms with Crippen LogP contribution < -0.4 is 16.3 Å². The van der Waals surface area contributed by atoms with E-state index in [4.69, 9.17) is 11.6 Å². The Morgan fingerprint density at radius 1 is 1.25 bits per heavy atom. The molecule has 2 rings (SSSR count). The van der Waals surface area contributed by atoms with E-state index in [1.54, 1.807) is 24.3 Å². The molecule has 1 aliphatic rings. The lowest BCUT2D eigenvalue weighted by Gasteiger charge is -2.00. The van der Waals surface area contributed by atoms with Crippen LogP contribution >= 0.6 is 11.6 Å². The Morgan fingerprint density at radius 2 is 1.94 bits per heavy atom. The number of hydrazine groups is 1. The third-order valence-corrected chi connectivity index (χ3v) is 2.22. The van der Waals surface area contributed by atoms with Crippen molar-refractivity contribution in [1.82, 2.24) is 10.9 Å². The summed E-state index contributed by atoms with van der Waals surface area (Å²) in [6, 6.07) is 6.97. The van der Waals surface area contributed by atoms with Crippen molar-refractivity contribution in [3.63, 3.8) is 0 Å². The monoisotopic (exact) mass is 236 g/mol. The van der Waals surface area contributed by atoms with Gasteiger partial charge in [0, 0.05) is 5.02 Å². The van der Waals surface area contributed by atoms with Crippen LogP contribution in [0, 0.1) is 0 Å². The molecule has 0 aromatic heterocycles. The summed E-state index contributed by atoms with van der Waals surface area (Å²) < 4.78 is 0. The number of anilines is 1. The maximum absolute atomic E-state index is 11.2. The predicted octanol–water partition coefficient (Wildman–Crippen LogP) is 1.26. The van der Waals surface area contributed by atoms with E-state index in [0.29, 0.717) is 10.7 Å². The molecule has 1 saturated heterocycles. The van der Waals surface area contributed by atoms with Crippen LogP contribution in [-0.4, -0.2) is 11.6 Å². The second-order valence-electron chi connectivity index (χ2n) is 3.14. The number of hydrogen-bond acceptors (Lipinski definition) is 4. The van der Waals surface area contributed by atoms with Gasteiger partial charge in [0.15, 0.2) is 5.71 Å². The number of carbonyl (C=O) groups is 1. The zero-order valence-electron chi connectivity index (χ0n) is 8.25. The third-order valence-electron chi connectivity index (χ3n) is 1.97. The molecule has 0 radical (unpaired) electrons. The highest BCUT2D eigenvalue weighted by Gasteiger charge is 2.22. The molecule has 0 atom stereocenters. The van der Waals surface area contributed by atoms with E-state index in [0.717, 1.165) is 5.69 Å². The van der Waals surface area contributed by atoms with Gasteiger partial charge < -0.3 is 0 Å². The molecule has 5 nitrogen and oxygen atoms in total. The minimum Gasteiger partial charge on any atom is -0.296 e. The Morgan fingerprint density at radius 3 is 2.50 bits per heavy atom. The lowest BCUT2D eigenvalue weighted by Crippen LogP contribution is -2.25. The van der Waals surface area contributed by atoms with Gasteiger partial charge >= 0.3 is 0 Å². The number of amides is 1. The fourth-order valence-corrected chi connectivity index (χ4v) is 1.28. The molecule has 1 aromatic rings. The van der Waals surface area contributed by atoms with Crippen LogP contribution in [-0.2, 0) is 4.79 Å². The van der Waals surface area contributed by atoms with Gasteiger partial charge in [0.2, 0.25) is 0 Å². The number of rotatable bonds is 2. The third kappa shape index (κ3) is 2.14. The molecule has 1 aliphatic heterocycles. The smallest absolute Gasteiger partial charge is 0.292 e. The van der Waals surface area contributed by atoms with Crippen LogP contribution in [0.1, 0.15) is 0 Å². The van der Waals surface area contributed by atoms with E-state index in [2.05, 4.69) is 28.0 Å². The Balaban J connectivity index is 2.11. The molecule has 0 unspecified atom stereocenters. The quantitative estimate of drug-likeness (QED) is 0.678. The summed E-state index contributed by atoms with van der Waals surface area (Å²) in [5.41, 5.74) is 9.11. The van der Waals surface area contributed by atoms with Gasteiger partial charge in [-0.15, -0.1) is 0 Å². The van der Waals surface area contributed by atoms with Gasteiger partial charge in [-0.3, -0.25) is 21.1 Å². The molecule has 16 heavy (non-hydrogen) atoms. The average molecular weight is 237 g/mol. The molecule has 0 saturated carbocycles. The lowest BCUT2D eigenvalue weighted by molar-refractivity contribution is -0.114. The van der Waals surface area contributed by atoms with E-state index in [9.17, 15) is 4.79 Å². The van der Waals surface area contributed by atoms with Gasteiger partial charge in [-0.25, -0.2) is 0 Å². The van der Waals surface area contributed by atoms with Gasteiger partial charge in [0.25, 0.3) is 5.91 Å². The summed E-state index contributed by atoms with van der Waals surface area (Å²) in [6.07, 6.45) is 0. The molecule has 0 bridgehead atoms. The second-order valence-corrected chi connectivity index (χ2v) is 3.57. The van der Waals surface area contributed by atoms with Gasteiger partial charge in [0.1, 0.15) is 0 Å². The van der Waals surface area contributed by atoms with E-state index in [1.165, 1.54) is 0 Å². The maximum Gasteiger partial charge on any atom is 0.292 e. The lowest BCUT2D eigenvalue weighted by atomic mass is 10.3. The molecule has 1 aromatic carbocycles. The zero-order valence-corrected chi connectivity index (χ0v) is 9.01. The Bertz CT molecular complexity index is 448. The molecule has 1 amide bonds. The van der Waals surface area contributed by atoms with Crippen molar-refractivity contribution >= 4 is 28.9 Å². The van der Waals surface area contributed by atoms with Gasteiger partial charge in [0.05, 0.1) is 11.4 Å². The topological polar surface area (TPSA) is 65.5 Å². The largest absolute Gasteiger partial charge is 0.296 e. The van der Waals surface area contributed by atoms with E-state index in [1.807, 2.05) is 0 Å². The predicted molar refractivity (Wildman–Crippen MR) is 62.9 cm³/mol. The van der Waals surface area contributed by atoms with Crippen LogP contribution in [0.15, 0.2) is 41.6 Å². The molecule has 1 heterocycles. The van der Waals surface area contributed by atoms with Crippen LogP contribution in [0.5, 0.6) is 0 Å². The maximum atomic E-state index is 11.2. The molecule has 3 N–H and O–H groups in total. The van der Waals surface area contributed by atoms with Crippen molar-refractivity contribution in [3.05, 3.63) is 41.6 Å². The number of hydrogen-bond donors (Lipinski definition) is 3. The standard InChI is InChI=1S/C10H9ClN4O/c1-6-9(10(16)15-12-6)14-13-8-4-2-7(11)3-5-8/h2-5,12-13H,1H2,(H,15,16). The minimum atomic E-state index is -0.313. The van der Waals surface area contributed by atoms with E-state index in [-0.39, 0.29) is 11.6 Å². The number of hydrazone groups is 1. The van der Waals surface area contributed by atoms with Gasteiger partial charge in [-0.05, 0) is 24.3 Å². The number of halogens is 1. The summed E-state index contributed by atoms with van der Waals surface area (Å²) in [5.74, 6) is -0.313. The van der Waals surface area contributed by atoms with Gasteiger partial charge in [-0.2, -0.15) is 5.10 Å². The van der Waals surface area contributed by atoms with Crippen LogP contribution in [0.25, 0.3) is 0 Å². The number of nitrogens with one attached hydrogen (secondary N) is 3. The minimum absolute atomic E-state index is 0.231. The fourth-order valence-electron chi connectivity index (χ4n) is 1.15. The summed E-state index contributed by atoms with van der Waals surface area (Å²) in [7, 11) is 0. The number of carbonyl (C=O) groups excluding carboxylic acids is 1. The molecular formula is C10H9ClN4O. The second kappa shape index (κ2) is 4.24. The summed E-state index contributed by atoms with van der Waals surface area (Å²) in [4.78, 5) is 11.2. The van der Waals surface area contributed by atoms with Crippen molar-refractivity contribution < 1.29 is 4.79 Å². The Hall–Kier alpha value is -2.01. The first kappa shape index (κ1) is 10.5. The first-order valence-electron chi connectivity index (χ1n) is 4.52. The molecule has 0 spiro atoms. The van der Waals surface area contributed by atoms with Crippen molar-refractivity contribution in [3.8, 4) is 0 Å². The Labute approximate surface area is 97.1 Å². The highest BCUT2D eigenvalue weighted by molar-refractivity contribution is 6.46. The van der Waals surface area contributed by atoms with Crippen LogP contribution in [0.4, 0.5) is 5.69 Å². The van der Waals surface area contributed by atoms with E-state index < -0.39 is 0 Å². The molecule has 0 aliphatic carbocycles. The highest BCUT2D eigenvalue weighted by Crippen LogP contribution is 2.13. The van der Waals surface area contributed by atoms with Crippen LogP contribution in [0.2, 0.25) is 5.02 Å². The first-order valence-corrected chi connectivity index (χ1v) is 4.89. The number of benzene rings is 1. The first-order chi connectivity index (χ1) is 7.66. The highest BCUT2D eigenvalue weighted by atomic mass is 35.5. The SMILES string of the molecule is C=C1NNC(=O)C1=NNc1ccc(Cl)cc1. The summed E-state index contributed by atoms with van der Waals surface area (Å²) in [5, 5.41) is 4.58. The molecule has 6 heteroatoms. The van der Waals surface area contributed by atoms with Crippen LogP contribution in [0.3, 0.4) is 0 Å². The Kier molecular flexibility index (Phi) is 2.78. The molecular weight excluding hydrogens is 228 g/mol. The summed E-state index contributed by atoms with van der Waals surface area (Å²) >= 11 is 5.73. The summed E-state index contributed by atoms with van der Waals surface area (Å²) in [6.45, 7) is 3.63. The van der Waals surface area contributed by atoms with Gasteiger partial charge in [-0.1, -0.05) is 18.2 Å². The van der Waals surface area contributed by atoms with E-state index >= 15 is 0 Å². The fraction of sp³-hybridized carbons (Fsp3) is 0. The number of nitrogens with zero attached hydrogens (tertiary/aromatic N) is 1. The van der Waals surface area contributed by atoms with Crippen molar-refractivity contribution in [2.75, 3.05) is 5.43 Å². The molecule has 1 fully saturated rings. The zero-order chi connectivity index (χ0) is 11.5. The molecule has 82 valence electrons.